The van der Waals surface area contributed by atoms with Crippen molar-refractivity contribution in [1.82, 2.24) is 10.2 Å². The van der Waals surface area contributed by atoms with Gasteiger partial charge in [-0.15, -0.1) is 0 Å². The molecule has 0 radical (unpaired) electrons. The zero-order valence-corrected chi connectivity index (χ0v) is 18.6. The average molecular weight is 488 g/mol. The third-order valence-corrected chi connectivity index (χ3v) is 5.28. The Morgan fingerprint density at radius 1 is 1.18 bits per heavy atom. The molecule has 5 nitrogen and oxygen atoms in total. The van der Waals surface area contributed by atoms with Crippen molar-refractivity contribution in [3.8, 4) is 5.75 Å². The van der Waals surface area contributed by atoms with E-state index < -0.39 is 6.04 Å². The number of benzene rings is 2. The van der Waals surface area contributed by atoms with E-state index in [0.717, 1.165) is 4.47 Å². The van der Waals surface area contributed by atoms with E-state index in [1.54, 1.807) is 37.4 Å². The second-order valence-corrected chi connectivity index (χ2v) is 7.80. The van der Waals surface area contributed by atoms with Crippen LogP contribution in [0.4, 0.5) is 0 Å². The number of halogens is 3. The quantitative estimate of drug-likeness (QED) is 0.587. The van der Waals surface area contributed by atoms with Crippen LogP contribution in [-0.2, 0) is 16.1 Å². The van der Waals surface area contributed by atoms with Crippen LogP contribution in [0.3, 0.4) is 0 Å². The van der Waals surface area contributed by atoms with Crippen molar-refractivity contribution in [2.75, 3.05) is 13.7 Å². The van der Waals surface area contributed by atoms with Gasteiger partial charge >= 0.3 is 0 Å². The van der Waals surface area contributed by atoms with Gasteiger partial charge in [0.2, 0.25) is 5.91 Å². The van der Waals surface area contributed by atoms with Gasteiger partial charge in [-0.2, -0.15) is 0 Å². The summed E-state index contributed by atoms with van der Waals surface area (Å²) in [5.74, 6) is 0.00276. The Morgan fingerprint density at radius 2 is 1.86 bits per heavy atom. The monoisotopic (exact) mass is 486 g/mol. The molecule has 0 aromatic heterocycles. The van der Waals surface area contributed by atoms with Gasteiger partial charge in [0.25, 0.3) is 5.91 Å². The number of hydrogen-bond acceptors (Lipinski definition) is 3. The molecule has 0 spiro atoms. The predicted molar refractivity (Wildman–Crippen MR) is 115 cm³/mol. The van der Waals surface area contributed by atoms with Crippen molar-refractivity contribution < 1.29 is 14.3 Å². The molecule has 1 unspecified atom stereocenters. The number of rotatable bonds is 8. The van der Waals surface area contributed by atoms with Gasteiger partial charge < -0.3 is 15.0 Å². The van der Waals surface area contributed by atoms with E-state index in [9.17, 15) is 9.59 Å². The molecule has 0 aliphatic carbocycles. The lowest BCUT2D eigenvalue weighted by Gasteiger charge is -2.30. The van der Waals surface area contributed by atoms with E-state index in [-0.39, 0.29) is 25.0 Å². The van der Waals surface area contributed by atoms with E-state index in [0.29, 0.717) is 27.8 Å². The standard InChI is InChI=1S/C20H21BrCl2N2O3/c1-3-18(20(27)24-2)25(11-13-4-7-15(22)10-17(13)23)19(26)12-28-16-8-5-14(21)6-9-16/h4-10,18H,3,11-12H2,1-2H3,(H,24,27). The summed E-state index contributed by atoms with van der Waals surface area (Å²) in [6.07, 6.45) is 0.453. The molecular weight excluding hydrogens is 467 g/mol. The summed E-state index contributed by atoms with van der Waals surface area (Å²) >= 11 is 15.6. The summed E-state index contributed by atoms with van der Waals surface area (Å²) in [7, 11) is 1.54. The molecule has 0 fully saturated rings. The van der Waals surface area contributed by atoms with Gasteiger partial charge in [0.05, 0.1) is 0 Å². The molecule has 0 aliphatic heterocycles. The topological polar surface area (TPSA) is 58.6 Å². The highest BCUT2D eigenvalue weighted by atomic mass is 79.9. The number of amides is 2. The number of nitrogens with one attached hydrogen (secondary N) is 1. The zero-order valence-electron chi connectivity index (χ0n) is 15.5. The lowest BCUT2D eigenvalue weighted by molar-refractivity contribution is -0.142. The van der Waals surface area contributed by atoms with Crippen LogP contribution in [0.2, 0.25) is 10.0 Å². The lowest BCUT2D eigenvalue weighted by atomic mass is 10.1. The number of ether oxygens (including phenoxy) is 1. The van der Waals surface area contributed by atoms with E-state index >= 15 is 0 Å². The molecule has 0 bridgehead atoms. The second kappa shape index (κ2) is 10.7. The molecule has 0 saturated heterocycles. The highest BCUT2D eigenvalue weighted by Gasteiger charge is 2.28. The summed E-state index contributed by atoms with van der Waals surface area (Å²) in [4.78, 5) is 26.7. The van der Waals surface area contributed by atoms with Crippen LogP contribution < -0.4 is 10.1 Å². The van der Waals surface area contributed by atoms with Crippen LogP contribution in [0.25, 0.3) is 0 Å². The van der Waals surface area contributed by atoms with Gasteiger partial charge in [0, 0.05) is 28.1 Å². The van der Waals surface area contributed by atoms with E-state index in [1.165, 1.54) is 4.90 Å². The van der Waals surface area contributed by atoms with E-state index in [1.807, 2.05) is 19.1 Å². The van der Waals surface area contributed by atoms with Gasteiger partial charge in [0.1, 0.15) is 11.8 Å². The molecule has 1 atom stereocenters. The fourth-order valence-electron chi connectivity index (χ4n) is 2.68. The van der Waals surface area contributed by atoms with Gasteiger partial charge in [0.15, 0.2) is 6.61 Å². The number of carbonyl (C=O) groups excluding carboxylic acids is 2. The first-order chi connectivity index (χ1) is 13.3. The summed E-state index contributed by atoms with van der Waals surface area (Å²) in [5, 5.41) is 3.55. The van der Waals surface area contributed by atoms with Gasteiger partial charge in [-0.05, 0) is 48.4 Å². The fourth-order valence-corrected chi connectivity index (χ4v) is 3.41. The molecule has 1 N–H and O–H groups in total. The van der Waals surface area contributed by atoms with E-state index in [2.05, 4.69) is 21.2 Å². The Labute approximate surface area is 183 Å². The Hall–Kier alpha value is -1.76. The zero-order chi connectivity index (χ0) is 20.7. The highest BCUT2D eigenvalue weighted by molar-refractivity contribution is 9.10. The average Bonchev–Trinajstić information content (AvgIpc) is 2.68. The van der Waals surface area contributed by atoms with Crippen molar-refractivity contribution in [1.29, 1.82) is 0 Å². The maximum Gasteiger partial charge on any atom is 0.261 e. The molecule has 2 rings (SSSR count). The summed E-state index contributed by atoms with van der Waals surface area (Å²) in [6, 6.07) is 11.6. The molecule has 28 heavy (non-hydrogen) atoms. The van der Waals surface area contributed by atoms with Crippen molar-refractivity contribution in [2.45, 2.75) is 25.9 Å². The van der Waals surface area contributed by atoms with Crippen molar-refractivity contribution >= 4 is 50.9 Å². The van der Waals surface area contributed by atoms with Gasteiger partial charge in [-0.1, -0.05) is 52.1 Å². The minimum Gasteiger partial charge on any atom is -0.484 e. The Bertz CT molecular complexity index is 831. The van der Waals surface area contributed by atoms with Crippen LogP contribution >= 0.6 is 39.1 Å². The maximum absolute atomic E-state index is 12.9. The maximum atomic E-state index is 12.9. The largest absolute Gasteiger partial charge is 0.484 e. The Balaban J connectivity index is 2.21. The molecule has 2 aromatic carbocycles. The normalized spacial score (nSPS) is 11.6. The van der Waals surface area contributed by atoms with Crippen molar-refractivity contribution in [3.05, 3.63) is 62.5 Å². The summed E-state index contributed by atoms with van der Waals surface area (Å²) in [5.41, 5.74) is 0.699. The molecule has 2 amide bonds. The molecule has 0 saturated carbocycles. The first kappa shape index (κ1) is 22.5. The third-order valence-electron chi connectivity index (χ3n) is 4.16. The fraction of sp³-hybridized carbons (Fsp3) is 0.300. The van der Waals surface area contributed by atoms with Crippen LogP contribution in [0.1, 0.15) is 18.9 Å². The van der Waals surface area contributed by atoms with Crippen LogP contribution in [-0.4, -0.2) is 36.4 Å². The number of carbonyl (C=O) groups is 2. The molecule has 2 aromatic rings. The van der Waals surface area contributed by atoms with Crippen molar-refractivity contribution in [3.63, 3.8) is 0 Å². The molecule has 8 heteroatoms. The lowest BCUT2D eigenvalue weighted by Crippen LogP contribution is -2.49. The van der Waals surface area contributed by atoms with E-state index in [4.69, 9.17) is 27.9 Å². The van der Waals surface area contributed by atoms with Crippen LogP contribution in [0, 0.1) is 0 Å². The molecule has 0 heterocycles. The van der Waals surface area contributed by atoms with Crippen molar-refractivity contribution in [2.24, 2.45) is 0 Å². The Morgan fingerprint density at radius 3 is 2.43 bits per heavy atom. The van der Waals surface area contributed by atoms with Crippen LogP contribution in [0.5, 0.6) is 5.75 Å². The van der Waals surface area contributed by atoms with Gasteiger partial charge in [-0.25, -0.2) is 0 Å². The minimum absolute atomic E-state index is 0.171. The SMILES string of the molecule is CCC(C(=O)NC)N(Cc1ccc(Cl)cc1Cl)C(=O)COc1ccc(Br)cc1. The minimum atomic E-state index is -0.641. The third kappa shape index (κ3) is 6.12. The number of likely N-dealkylation sites (N-methyl/N-ethyl adjacent to an activating group) is 1. The second-order valence-electron chi connectivity index (χ2n) is 6.04. The molecule has 150 valence electrons. The Kier molecular flexibility index (Phi) is 8.60. The highest BCUT2D eigenvalue weighted by Crippen LogP contribution is 2.24. The summed E-state index contributed by atoms with van der Waals surface area (Å²) < 4.78 is 6.51. The predicted octanol–water partition coefficient (Wildman–Crippen LogP) is 4.69. The summed E-state index contributed by atoms with van der Waals surface area (Å²) in [6.45, 7) is 1.82. The van der Waals surface area contributed by atoms with Gasteiger partial charge in [-0.3, -0.25) is 9.59 Å². The number of hydrogen-bond donors (Lipinski definition) is 1. The number of nitrogens with zero attached hydrogens (tertiary/aromatic N) is 1. The molecule has 0 aliphatic rings. The first-order valence-corrected chi connectivity index (χ1v) is 10.2. The molecular formula is C20H21BrCl2N2O3. The first-order valence-electron chi connectivity index (χ1n) is 8.69. The smallest absolute Gasteiger partial charge is 0.261 e. The van der Waals surface area contributed by atoms with Crippen LogP contribution in [0.15, 0.2) is 46.9 Å².